The highest BCUT2D eigenvalue weighted by Crippen LogP contribution is 2.64. The Kier molecular flexibility index (Phi) is 9.79. The van der Waals surface area contributed by atoms with Crippen molar-refractivity contribution in [1.82, 2.24) is 4.53 Å². The molecule has 0 N–H and O–H groups in total. The summed E-state index contributed by atoms with van der Waals surface area (Å²) in [7, 11) is -8.10. The Hall–Kier alpha value is -2.14. The van der Waals surface area contributed by atoms with Crippen LogP contribution in [0.4, 0.5) is 79.1 Å². The van der Waals surface area contributed by atoms with Gasteiger partial charge in [0, 0.05) is 5.57 Å². The third-order valence-electron chi connectivity index (χ3n) is 4.49. The molecular formula is C15H11F18NO4S. The summed E-state index contributed by atoms with van der Waals surface area (Å²) in [5.41, 5.74) is -0.448. The first-order valence-electron chi connectivity index (χ1n) is 9.03. The lowest BCUT2D eigenvalue weighted by Gasteiger charge is -2.42. The lowest BCUT2D eigenvalue weighted by Crippen LogP contribution is -2.75. The van der Waals surface area contributed by atoms with Crippen LogP contribution in [0.2, 0.25) is 0 Å². The molecule has 0 atom stereocenters. The first-order chi connectivity index (χ1) is 16.8. The molecule has 0 spiro atoms. The van der Waals surface area contributed by atoms with E-state index in [1.165, 1.54) is 6.92 Å². The monoisotopic (exact) mass is 643 g/mol. The largest absolute Gasteiger partial charge is 0.461 e. The minimum Gasteiger partial charge on any atom is -0.461 e. The second-order valence-corrected chi connectivity index (χ2v) is 8.93. The molecule has 0 heterocycles. The fourth-order valence-corrected chi connectivity index (χ4v) is 3.03. The fourth-order valence-electron chi connectivity index (χ4n) is 2.01. The highest BCUT2D eigenvalue weighted by Gasteiger charge is 2.96. The van der Waals surface area contributed by atoms with Crippen molar-refractivity contribution in [2.75, 3.05) is 13.2 Å². The van der Waals surface area contributed by atoms with Crippen molar-refractivity contribution in [3.63, 3.8) is 0 Å². The number of nitrogens with zero attached hydrogens (tertiary/aromatic N) is 1. The number of halogens is 18. The van der Waals surface area contributed by atoms with Crippen LogP contribution in [0.25, 0.3) is 0 Å². The Morgan fingerprint density at radius 2 is 1.03 bits per heavy atom. The van der Waals surface area contributed by atoms with E-state index in [0.29, 0.717) is 0 Å². The number of carbonyl (C=O) groups is 1. The summed E-state index contributed by atoms with van der Waals surface area (Å²) in [4.78, 5) is 11.2. The fraction of sp³-hybridized carbons (Fsp3) is 0.800. The highest BCUT2D eigenvalue weighted by atomic mass is 32.2. The van der Waals surface area contributed by atoms with Gasteiger partial charge in [-0.25, -0.2) is 13.2 Å². The number of esters is 1. The molecule has 0 aromatic carbocycles. The van der Waals surface area contributed by atoms with E-state index in [-0.39, 0.29) is 6.42 Å². The predicted octanol–water partition coefficient (Wildman–Crippen LogP) is 5.98. The smallest absolute Gasteiger partial charge is 0.460 e. The van der Waals surface area contributed by atoms with E-state index in [1.807, 2.05) is 0 Å². The molecule has 0 saturated carbocycles. The Labute approximate surface area is 204 Å². The van der Waals surface area contributed by atoms with Crippen LogP contribution in [0.5, 0.6) is 0 Å². The van der Waals surface area contributed by atoms with Gasteiger partial charge in [-0.1, -0.05) is 13.5 Å². The van der Waals surface area contributed by atoms with Crippen molar-refractivity contribution in [3.8, 4) is 0 Å². The number of sulfonamides is 1. The molecule has 0 aromatic heterocycles. The van der Waals surface area contributed by atoms with Gasteiger partial charge in [0.1, 0.15) is 6.61 Å². The Balaban J connectivity index is 6.59. The molecule has 5 nitrogen and oxygen atoms in total. The molecule has 0 aliphatic rings. The van der Waals surface area contributed by atoms with Crippen molar-refractivity contribution in [2.24, 2.45) is 0 Å². The first kappa shape index (κ1) is 36.9. The minimum absolute atomic E-state index is 0.192. The normalized spacial score (nSPS) is 15.5. The zero-order chi connectivity index (χ0) is 32.1. The molecule has 0 amide bonds. The Morgan fingerprint density at radius 1 is 0.692 bits per heavy atom. The number of carbonyl (C=O) groups excluding carboxylic acids is 1. The van der Waals surface area contributed by atoms with Crippen LogP contribution in [-0.4, -0.2) is 79.0 Å². The van der Waals surface area contributed by atoms with Crippen molar-refractivity contribution in [1.29, 1.82) is 0 Å². The van der Waals surface area contributed by atoms with E-state index in [1.54, 1.807) is 0 Å². The number of ether oxygens (including phenoxy) is 1. The average molecular weight is 643 g/mol. The molecule has 232 valence electrons. The summed E-state index contributed by atoms with van der Waals surface area (Å²) in [6, 6.07) is 0. The van der Waals surface area contributed by atoms with Gasteiger partial charge in [0.2, 0.25) is 0 Å². The Morgan fingerprint density at radius 3 is 1.36 bits per heavy atom. The van der Waals surface area contributed by atoms with E-state index in [4.69, 9.17) is 0 Å². The van der Waals surface area contributed by atoms with E-state index in [2.05, 4.69) is 11.3 Å². The number of hydrogen-bond donors (Lipinski definition) is 0. The lowest BCUT2D eigenvalue weighted by atomic mass is 9.91. The Bertz CT molecular complexity index is 1040. The van der Waals surface area contributed by atoms with Gasteiger partial charge in [-0.15, -0.1) is 4.48 Å². The molecular weight excluding hydrogens is 632 g/mol. The van der Waals surface area contributed by atoms with Crippen LogP contribution >= 0.6 is 0 Å². The van der Waals surface area contributed by atoms with Gasteiger partial charge in [-0.2, -0.15) is 74.6 Å². The van der Waals surface area contributed by atoms with Crippen LogP contribution in [0, 0.1) is 0 Å². The lowest BCUT2D eigenvalue weighted by molar-refractivity contribution is -0.458. The summed E-state index contributed by atoms with van der Waals surface area (Å²) < 4.78 is 262. The van der Waals surface area contributed by atoms with E-state index in [9.17, 15) is 92.3 Å². The molecule has 24 heteroatoms. The maximum absolute atomic E-state index is 13.8. The van der Waals surface area contributed by atoms with Gasteiger partial charge < -0.3 is 4.74 Å². The van der Waals surface area contributed by atoms with Gasteiger partial charge in [0.25, 0.3) is 0 Å². The van der Waals surface area contributed by atoms with Crippen molar-refractivity contribution in [3.05, 3.63) is 12.2 Å². The maximum Gasteiger partial charge on any atom is 0.460 e. The summed E-state index contributed by atoms with van der Waals surface area (Å²) in [6.45, 7) is 0.232. The number of alkyl halides is 17. The van der Waals surface area contributed by atoms with Gasteiger partial charge in [0.05, 0.1) is 6.54 Å². The van der Waals surface area contributed by atoms with Gasteiger partial charge in [-0.05, 0) is 10.9 Å². The maximum atomic E-state index is 13.8. The van der Waals surface area contributed by atoms with Gasteiger partial charge in [-0.3, -0.25) is 0 Å². The van der Waals surface area contributed by atoms with E-state index in [0.717, 1.165) is 0 Å². The number of rotatable bonds is 13. The molecule has 0 aliphatic heterocycles. The molecule has 0 rings (SSSR count). The summed E-state index contributed by atoms with van der Waals surface area (Å²) in [6.07, 6.45) is -8.15. The van der Waals surface area contributed by atoms with E-state index < -0.39 is 86.2 Å². The summed E-state index contributed by atoms with van der Waals surface area (Å²) in [5, 5.41) is -8.05. The zero-order valence-corrected chi connectivity index (χ0v) is 18.9. The minimum atomic E-state index is -9.03. The molecule has 0 unspecified atom stereocenters. The van der Waals surface area contributed by atoms with Crippen molar-refractivity contribution >= 4 is 16.0 Å². The first-order valence-corrected chi connectivity index (χ1v) is 10.5. The zero-order valence-electron chi connectivity index (χ0n) is 18.1. The summed E-state index contributed by atoms with van der Waals surface area (Å²) in [5.74, 6) is -54.2. The van der Waals surface area contributed by atoms with Crippen LogP contribution in [0.1, 0.15) is 13.3 Å². The van der Waals surface area contributed by atoms with Crippen LogP contribution in [0.3, 0.4) is 0 Å². The molecule has 0 aromatic rings. The molecule has 0 aliphatic carbocycles. The van der Waals surface area contributed by atoms with Crippen LogP contribution in [0.15, 0.2) is 12.2 Å². The molecule has 0 saturated heterocycles. The molecule has 0 fully saturated rings. The second kappa shape index (κ2) is 10.4. The highest BCUT2D eigenvalue weighted by molar-refractivity contribution is 7.90. The summed E-state index contributed by atoms with van der Waals surface area (Å²) >= 11 is 0. The van der Waals surface area contributed by atoms with Gasteiger partial charge in [0.15, 0.2) is 0 Å². The quantitative estimate of drug-likeness (QED) is 0.107. The van der Waals surface area contributed by atoms with Gasteiger partial charge >= 0.3 is 63.0 Å². The average Bonchev–Trinajstić information content (AvgIpc) is 2.76. The van der Waals surface area contributed by atoms with Crippen molar-refractivity contribution < 1.29 is 97.1 Å². The standard InChI is InChI=1S/C15H11F18NO4S/c1-3-6(2)7(35)38-5-4-34(33)39(36,37)15(31,32)13(26,27)11(22,23)9(18,19)8(16,17)10(20,21)12(24,25)14(28,29)30/h2-5H2,1H3. The van der Waals surface area contributed by atoms with Crippen LogP contribution in [-0.2, 0) is 19.6 Å². The molecule has 0 bridgehead atoms. The molecule has 39 heavy (non-hydrogen) atoms. The van der Waals surface area contributed by atoms with Crippen molar-refractivity contribution in [2.45, 2.75) is 60.3 Å². The molecule has 0 radical (unpaired) electrons. The van der Waals surface area contributed by atoms with E-state index >= 15 is 0 Å². The third kappa shape index (κ3) is 5.33. The predicted molar refractivity (Wildman–Crippen MR) is 87.8 cm³/mol. The SMILES string of the molecule is C=C(CC)C(=O)OCCN(F)S(=O)(=O)C(F)(F)C(F)(F)C(F)(F)C(F)(F)C(F)(F)C(F)(F)C(F)(F)C(F)(F)F. The van der Waals surface area contributed by atoms with Crippen LogP contribution < -0.4 is 0 Å². The number of hydrogen-bond acceptors (Lipinski definition) is 4. The second-order valence-electron chi connectivity index (χ2n) is 7.07. The topological polar surface area (TPSA) is 63.7 Å². The third-order valence-corrected chi connectivity index (χ3v) is 6.10.